The molecule has 3 N–H and O–H groups in total. The Morgan fingerprint density at radius 1 is 1.60 bits per heavy atom. The van der Waals surface area contributed by atoms with E-state index in [0.717, 1.165) is 12.8 Å². The lowest BCUT2D eigenvalue weighted by Gasteiger charge is -2.19. The van der Waals surface area contributed by atoms with Gasteiger partial charge in [-0.3, -0.25) is 5.10 Å². The van der Waals surface area contributed by atoms with Crippen molar-refractivity contribution in [3.8, 4) is 0 Å². The van der Waals surface area contributed by atoms with Crippen LogP contribution in [0.1, 0.15) is 35.9 Å². The molecular weight excluding hydrogens is 286 g/mol. The van der Waals surface area contributed by atoms with Crippen molar-refractivity contribution in [2.75, 3.05) is 6.61 Å². The predicted molar refractivity (Wildman–Crippen MR) is 69.0 cm³/mol. The molecule has 1 aromatic heterocycles. The van der Waals surface area contributed by atoms with Gasteiger partial charge in [-0.25, -0.2) is 17.9 Å². The number of carboxylic acids is 1. The Bertz CT molecular complexity index is 604. The molecule has 2 rings (SSSR count). The van der Waals surface area contributed by atoms with Crippen molar-refractivity contribution < 1.29 is 23.1 Å². The number of H-pyrrole nitrogens is 1. The van der Waals surface area contributed by atoms with E-state index in [1.165, 1.54) is 6.92 Å². The Kier molecular flexibility index (Phi) is 4.11. The fourth-order valence-corrected chi connectivity index (χ4v) is 3.86. The van der Waals surface area contributed by atoms with Crippen molar-refractivity contribution in [1.29, 1.82) is 0 Å². The molecule has 1 aromatic rings. The second-order valence-corrected chi connectivity index (χ2v) is 6.44. The third kappa shape index (κ3) is 2.84. The molecule has 1 fully saturated rings. The Balaban J connectivity index is 2.26. The lowest BCUT2D eigenvalue weighted by molar-refractivity contribution is 0.0686. The van der Waals surface area contributed by atoms with Gasteiger partial charge in [-0.05, 0) is 26.7 Å². The highest BCUT2D eigenvalue weighted by Crippen LogP contribution is 2.21. The maximum Gasteiger partial charge on any atom is 0.357 e. The monoisotopic (exact) mass is 303 g/mol. The van der Waals surface area contributed by atoms with Gasteiger partial charge in [0.25, 0.3) is 0 Å². The smallest absolute Gasteiger partial charge is 0.357 e. The minimum atomic E-state index is -3.96. The number of nitrogens with one attached hydrogen (secondary N) is 2. The van der Waals surface area contributed by atoms with Crippen molar-refractivity contribution in [2.45, 2.75) is 43.7 Å². The van der Waals surface area contributed by atoms with E-state index in [1.54, 1.807) is 6.92 Å². The van der Waals surface area contributed by atoms with Gasteiger partial charge in [0.15, 0.2) is 5.69 Å². The maximum absolute atomic E-state index is 12.3. The van der Waals surface area contributed by atoms with Crippen LogP contribution in [0.4, 0.5) is 0 Å². The summed E-state index contributed by atoms with van der Waals surface area (Å²) in [7, 11) is -3.96. The highest BCUT2D eigenvalue weighted by Gasteiger charge is 2.32. The second-order valence-electron chi connectivity index (χ2n) is 4.79. The van der Waals surface area contributed by atoms with Crippen molar-refractivity contribution in [3.63, 3.8) is 0 Å². The van der Waals surface area contributed by atoms with Crippen LogP contribution in [0.3, 0.4) is 0 Å². The maximum atomic E-state index is 12.3. The van der Waals surface area contributed by atoms with Crippen LogP contribution in [0, 0.1) is 6.92 Å². The van der Waals surface area contributed by atoms with Crippen LogP contribution in [0.5, 0.6) is 0 Å². The van der Waals surface area contributed by atoms with Gasteiger partial charge in [0.1, 0.15) is 4.90 Å². The molecule has 1 saturated heterocycles. The van der Waals surface area contributed by atoms with Crippen LogP contribution in [-0.4, -0.2) is 48.4 Å². The summed E-state index contributed by atoms with van der Waals surface area (Å²) >= 11 is 0. The zero-order chi connectivity index (χ0) is 14.9. The van der Waals surface area contributed by atoms with E-state index in [2.05, 4.69) is 14.9 Å². The zero-order valence-corrected chi connectivity index (χ0v) is 12.0. The molecule has 1 aliphatic rings. The van der Waals surface area contributed by atoms with Gasteiger partial charge in [-0.15, -0.1) is 0 Å². The molecule has 2 atom stereocenters. The number of aromatic nitrogens is 2. The fraction of sp³-hybridized carbons (Fsp3) is 0.636. The van der Waals surface area contributed by atoms with Gasteiger partial charge in [0, 0.05) is 12.6 Å². The number of aryl methyl sites for hydroxylation is 1. The van der Waals surface area contributed by atoms with E-state index in [-0.39, 0.29) is 16.7 Å². The van der Waals surface area contributed by atoms with Crippen LogP contribution in [0.2, 0.25) is 0 Å². The molecule has 9 heteroatoms. The van der Waals surface area contributed by atoms with Gasteiger partial charge in [-0.1, -0.05) is 0 Å². The lowest BCUT2D eigenvalue weighted by atomic mass is 10.1. The zero-order valence-electron chi connectivity index (χ0n) is 11.2. The number of ether oxygens (including phenoxy) is 1. The number of carbonyl (C=O) groups is 1. The van der Waals surface area contributed by atoms with Crippen LogP contribution < -0.4 is 4.72 Å². The summed E-state index contributed by atoms with van der Waals surface area (Å²) in [5.74, 6) is -1.39. The van der Waals surface area contributed by atoms with Gasteiger partial charge in [0.2, 0.25) is 10.0 Å². The number of hydrogen-bond donors (Lipinski definition) is 3. The summed E-state index contributed by atoms with van der Waals surface area (Å²) in [5, 5.41) is 14.9. The lowest BCUT2D eigenvalue weighted by Crippen LogP contribution is -2.41. The first-order valence-electron chi connectivity index (χ1n) is 6.25. The predicted octanol–water partition coefficient (Wildman–Crippen LogP) is 0.262. The van der Waals surface area contributed by atoms with Crippen LogP contribution >= 0.6 is 0 Å². The standard InChI is InChI=1S/C11H17N3O5S/c1-6(8-4-3-5-19-8)14-20(17,18)10-7(2)12-13-9(10)11(15)16/h6,8,14H,3-5H2,1-2H3,(H,12,13)(H,15,16). The third-order valence-corrected chi connectivity index (χ3v) is 4.95. The summed E-state index contributed by atoms with van der Waals surface area (Å²) in [6.45, 7) is 3.77. The van der Waals surface area contributed by atoms with Crippen LogP contribution in [0.25, 0.3) is 0 Å². The largest absolute Gasteiger partial charge is 0.476 e. The number of nitrogens with zero attached hydrogens (tertiary/aromatic N) is 1. The van der Waals surface area contributed by atoms with E-state index in [9.17, 15) is 13.2 Å². The fourth-order valence-electron chi connectivity index (χ4n) is 2.27. The molecule has 0 bridgehead atoms. The molecule has 0 amide bonds. The number of hydrogen-bond acceptors (Lipinski definition) is 5. The van der Waals surface area contributed by atoms with Crippen molar-refractivity contribution in [3.05, 3.63) is 11.4 Å². The Morgan fingerprint density at radius 3 is 2.85 bits per heavy atom. The van der Waals surface area contributed by atoms with Crippen molar-refractivity contribution >= 4 is 16.0 Å². The second kappa shape index (κ2) is 5.51. The highest BCUT2D eigenvalue weighted by atomic mass is 32.2. The molecule has 1 aliphatic heterocycles. The van der Waals surface area contributed by atoms with Gasteiger partial charge < -0.3 is 9.84 Å². The summed E-state index contributed by atoms with van der Waals surface area (Å²) in [4.78, 5) is 10.7. The number of carboxylic acid groups (broad SMARTS) is 1. The quantitative estimate of drug-likeness (QED) is 0.717. The number of sulfonamides is 1. The molecule has 0 saturated carbocycles. The molecule has 0 aliphatic carbocycles. The van der Waals surface area contributed by atoms with Crippen molar-refractivity contribution in [1.82, 2.24) is 14.9 Å². The molecule has 0 radical (unpaired) electrons. The normalized spacial score (nSPS) is 21.0. The van der Waals surface area contributed by atoms with Crippen molar-refractivity contribution in [2.24, 2.45) is 0 Å². The SMILES string of the molecule is Cc1[nH]nc(C(=O)O)c1S(=O)(=O)NC(C)C1CCCO1. The summed E-state index contributed by atoms with van der Waals surface area (Å²) in [5.41, 5.74) is -0.316. The van der Waals surface area contributed by atoms with Gasteiger partial charge in [-0.2, -0.15) is 5.10 Å². The number of aromatic amines is 1. The minimum absolute atomic E-state index is 0.189. The number of aromatic carboxylic acids is 1. The molecule has 0 aromatic carbocycles. The van der Waals surface area contributed by atoms with Gasteiger partial charge in [0.05, 0.1) is 11.8 Å². The summed E-state index contributed by atoms with van der Waals surface area (Å²) < 4.78 is 32.5. The molecule has 8 nitrogen and oxygen atoms in total. The van der Waals surface area contributed by atoms with E-state index < -0.39 is 27.7 Å². The van der Waals surface area contributed by atoms with E-state index in [0.29, 0.717) is 6.61 Å². The topological polar surface area (TPSA) is 121 Å². The average Bonchev–Trinajstić information content (AvgIpc) is 2.96. The highest BCUT2D eigenvalue weighted by molar-refractivity contribution is 7.89. The van der Waals surface area contributed by atoms with E-state index >= 15 is 0 Å². The van der Waals surface area contributed by atoms with Crippen LogP contribution in [0.15, 0.2) is 4.90 Å². The van der Waals surface area contributed by atoms with E-state index in [1.807, 2.05) is 0 Å². The summed E-state index contributed by atoms with van der Waals surface area (Å²) in [6.07, 6.45) is 1.48. The molecule has 2 heterocycles. The first kappa shape index (κ1) is 14.9. The molecule has 2 unspecified atom stereocenters. The molecule has 112 valence electrons. The molecular formula is C11H17N3O5S. The minimum Gasteiger partial charge on any atom is -0.476 e. The molecule has 0 spiro atoms. The van der Waals surface area contributed by atoms with E-state index in [4.69, 9.17) is 9.84 Å². The first-order chi connectivity index (χ1) is 9.33. The Morgan fingerprint density at radius 2 is 2.30 bits per heavy atom. The van der Waals surface area contributed by atoms with Gasteiger partial charge >= 0.3 is 5.97 Å². The number of rotatable bonds is 5. The first-order valence-corrected chi connectivity index (χ1v) is 7.73. The Labute approximate surface area is 116 Å². The Hall–Kier alpha value is -1.45. The third-order valence-electron chi connectivity index (χ3n) is 3.23. The molecule has 20 heavy (non-hydrogen) atoms. The van der Waals surface area contributed by atoms with Crippen LogP contribution in [-0.2, 0) is 14.8 Å². The summed E-state index contributed by atoms with van der Waals surface area (Å²) in [6, 6.07) is -0.432. The average molecular weight is 303 g/mol.